The molecule has 0 atom stereocenters. The Morgan fingerprint density at radius 1 is 0.897 bits per heavy atom. The predicted molar refractivity (Wildman–Crippen MR) is 118 cm³/mol. The number of hydrogen-bond acceptors (Lipinski definition) is 4. The summed E-state index contributed by atoms with van der Waals surface area (Å²) in [6.07, 6.45) is 3.45. The van der Waals surface area contributed by atoms with Gasteiger partial charge in [-0.1, -0.05) is 35.9 Å². The molecule has 0 saturated carbocycles. The lowest BCUT2D eigenvalue weighted by Crippen LogP contribution is -2.34. The number of halogens is 1. The third kappa shape index (κ3) is 5.82. The molecule has 0 bridgehead atoms. The van der Waals surface area contributed by atoms with Crippen molar-refractivity contribution in [3.05, 3.63) is 83.1 Å². The lowest BCUT2D eigenvalue weighted by Gasteiger charge is -2.09. The van der Waals surface area contributed by atoms with Crippen LogP contribution in [-0.4, -0.2) is 36.1 Å². The van der Waals surface area contributed by atoms with Crippen molar-refractivity contribution in [2.45, 2.75) is 4.90 Å². The van der Waals surface area contributed by atoms with Gasteiger partial charge in [0.15, 0.2) is 0 Å². The molecule has 5 nitrogen and oxygen atoms in total. The number of carbonyl (C=O) groups excluding carboxylic acids is 2. The van der Waals surface area contributed by atoms with Gasteiger partial charge in [0.05, 0.1) is 5.56 Å². The van der Waals surface area contributed by atoms with Gasteiger partial charge in [-0.25, -0.2) is 4.98 Å². The van der Waals surface area contributed by atoms with E-state index >= 15 is 0 Å². The van der Waals surface area contributed by atoms with Gasteiger partial charge in [-0.05, 0) is 53.8 Å². The molecule has 1 heterocycles. The van der Waals surface area contributed by atoms with Crippen molar-refractivity contribution in [1.82, 2.24) is 15.6 Å². The number of amides is 2. The summed E-state index contributed by atoms with van der Waals surface area (Å²) in [6.45, 7) is 0.626. The minimum absolute atomic E-state index is 0.185. The van der Waals surface area contributed by atoms with Gasteiger partial charge in [0.25, 0.3) is 11.8 Å². The smallest absolute Gasteiger partial charge is 0.252 e. The van der Waals surface area contributed by atoms with Crippen LogP contribution in [0.15, 0.2) is 71.8 Å². The maximum Gasteiger partial charge on any atom is 0.252 e. The molecule has 3 aromatic rings. The van der Waals surface area contributed by atoms with Gasteiger partial charge in [-0.3, -0.25) is 9.59 Å². The second-order valence-corrected chi connectivity index (χ2v) is 7.46. The fourth-order valence-electron chi connectivity index (χ4n) is 2.69. The van der Waals surface area contributed by atoms with Gasteiger partial charge in [0.2, 0.25) is 0 Å². The monoisotopic (exact) mass is 425 g/mol. The number of thioether (sulfide) groups is 1. The third-order valence-electron chi connectivity index (χ3n) is 4.23. The first-order valence-corrected chi connectivity index (χ1v) is 10.6. The highest BCUT2D eigenvalue weighted by Gasteiger charge is 2.08. The lowest BCUT2D eigenvalue weighted by atomic mass is 10.0. The maximum atomic E-state index is 12.4. The molecular formula is C22H20ClN3O2S. The van der Waals surface area contributed by atoms with E-state index in [1.54, 1.807) is 30.0 Å². The first-order valence-electron chi connectivity index (χ1n) is 8.99. The van der Waals surface area contributed by atoms with Crippen molar-refractivity contribution in [3.63, 3.8) is 0 Å². The lowest BCUT2D eigenvalue weighted by molar-refractivity contribution is 0.0927. The normalized spacial score (nSPS) is 10.4. The zero-order valence-corrected chi connectivity index (χ0v) is 17.4. The number of nitrogens with zero attached hydrogens (tertiary/aromatic N) is 1. The molecule has 29 heavy (non-hydrogen) atoms. The zero-order valence-electron chi connectivity index (χ0n) is 15.8. The Morgan fingerprint density at radius 2 is 1.59 bits per heavy atom. The van der Waals surface area contributed by atoms with E-state index in [0.717, 1.165) is 11.1 Å². The van der Waals surface area contributed by atoms with E-state index in [-0.39, 0.29) is 11.8 Å². The molecule has 0 unspecified atom stereocenters. The minimum Gasteiger partial charge on any atom is -0.350 e. The third-order valence-corrected chi connectivity index (χ3v) is 5.20. The molecule has 0 aliphatic heterocycles. The van der Waals surface area contributed by atoms with Crippen LogP contribution in [0.4, 0.5) is 0 Å². The quantitative estimate of drug-likeness (QED) is 0.336. The fraction of sp³-hybridized carbons (Fsp3) is 0.136. The molecule has 3 rings (SSSR count). The summed E-state index contributed by atoms with van der Waals surface area (Å²) in [7, 11) is 0. The highest BCUT2D eigenvalue weighted by molar-refractivity contribution is 7.98. The Labute approximate surface area is 178 Å². The fourth-order valence-corrected chi connectivity index (χ4v) is 3.21. The molecule has 1 aromatic heterocycles. The van der Waals surface area contributed by atoms with E-state index in [1.165, 1.54) is 11.1 Å². The second kappa shape index (κ2) is 10.1. The maximum absolute atomic E-state index is 12.4. The largest absolute Gasteiger partial charge is 0.350 e. The van der Waals surface area contributed by atoms with E-state index in [9.17, 15) is 9.59 Å². The highest BCUT2D eigenvalue weighted by Crippen LogP contribution is 2.23. The number of carbonyl (C=O) groups is 2. The van der Waals surface area contributed by atoms with E-state index in [2.05, 4.69) is 27.8 Å². The molecule has 2 amide bonds. The summed E-state index contributed by atoms with van der Waals surface area (Å²) in [6, 6.07) is 18.8. The Hall–Kier alpha value is -2.83. The van der Waals surface area contributed by atoms with E-state index < -0.39 is 0 Å². The van der Waals surface area contributed by atoms with Gasteiger partial charge < -0.3 is 10.6 Å². The van der Waals surface area contributed by atoms with Crippen molar-refractivity contribution in [3.8, 4) is 11.1 Å². The standard InChI is InChI=1S/C22H20ClN3O2S/c1-29-19-8-5-15(6-9-19)16-3-2-4-17(13-16)21(27)24-11-12-25-22(28)18-7-10-20(23)26-14-18/h2-10,13-14H,11-12H2,1H3,(H,24,27)(H,25,28). The molecule has 0 aliphatic carbocycles. The van der Waals surface area contributed by atoms with Crippen molar-refractivity contribution >= 4 is 35.2 Å². The zero-order chi connectivity index (χ0) is 20.6. The van der Waals surface area contributed by atoms with Crippen molar-refractivity contribution in [1.29, 1.82) is 0 Å². The summed E-state index contributed by atoms with van der Waals surface area (Å²) in [4.78, 5) is 29.5. The van der Waals surface area contributed by atoms with E-state index in [4.69, 9.17) is 11.6 Å². The van der Waals surface area contributed by atoms with Gasteiger partial charge in [-0.2, -0.15) is 0 Å². The summed E-state index contributed by atoms with van der Waals surface area (Å²) < 4.78 is 0. The summed E-state index contributed by atoms with van der Waals surface area (Å²) in [5.74, 6) is -0.450. The van der Waals surface area contributed by atoms with E-state index in [1.807, 2.05) is 36.6 Å². The molecular weight excluding hydrogens is 406 g/mol. The van der Waals surface area contributed by atoms with Crippen molar-refractivity contribution in [2.75, 3.05) is 19.3 Å². The molecule has 148 valence electrons. The number of aromatic nitrogens is 1. The highest BCUT2D eigenvalue weighted by atomic mass is 35.5. The SMILES string of the molecule is CSc1ccc(-c2cccc(C(=O)NCCNC(=O)c3ccc(Cl)nc3)c2)cc1. The topological polar surface area (TPSA) is 71.1 Å². The van der Waals surface area contributed by atoms with Crippen LogP contribution in [0.5, 0.6) is 0 Å². The summed E-state index contributed by atoms with van der Waals surface area (Å²) >= 11 is 7.40. The predicted octanol–water partition coefficient (Wildman–Crippen LogP) is 4.28. The molecule has 0 saturated heterocycles. The molecule has 2 aromatic carbocycles. The Bertz CT molecular complexity index is 992. The average molecular weight is 426 g/mol. The summed E-state index contributed by atoms with van der Waals surface area (Å²) in [5.41, 5.74) is 3.03. The summed E-state index contributed by atoms with van der Waals surface area (Å²) in [5, 5.41) is 5.88. The van der Waals surface area contributed by atoms with Crippen molar-refractivity contribution in [2.24, 2.45) is 0 Å². The number of benzene rings is 2. The average Bonchev–Trinajstić information content (AvgIpc) is 2.77. The Morgan fingerprint density at radius 3 is 2.21 bits per heavy atom. The number of rotatable bonds is 7. The molecule has 0 radical (unpaired) electrons. The van der Waals surface area contributed by atoms with Gasteiger partial charge >= 0.3 is 0 Å². The van der Waals surface area contributed by atoms with Gasteiger partial charge in [0, 0.05) is 29.7 Å². The van der Waals surface area contributed by atoms with E-state index in [0.29, 0.717) is 29.4 Å². The van der Waals surface area contributed by atoms with Gasteiger partial charge in [0.1, 0.15) is 5.15 Å². The van der Waals surface area contributed by atoms with Crippen LogP contribution in [-0.2, 0) is 0 Å². The van der Waals surface area contributed by atoms with Crippen molar-refractivity contribution < 1.29 is 9.59 Å². The van der Waals surface area contributed by atoms with Gasteiger partial charge in [-0.15, -0.1) is 11.8 Å². The van der Waals surface area contributed by atoms with Crippen LogP contribution in [0.1, 0.15) is 20.7 Å². The van der Waals surface area contributed by atoms with Crippen LogP contribution >= 0.6 is 23.4 Å². The molecule has 0 spiro atoms. The van der Waals surface area contributed by atoms with Crippen LogP contribution in [0.25, 0.3) is 11.1 Å². The Kier molecular flexibility index (Phi) is 7.27. The number of pyridine rings is 1. The van der Waals surface area contributed by atoms with Crippen LogP contribution < -0.4 is 10.6 Å². The minimum atomic E-state index is -0.265. The first kappa shape index (κ1) is 20.9. The first-order chi connectivity index (χ1) is 14.1. The number of nitrogens with one attached hydrogen (secondary N) is 2. The van der Waals surface area contributed by atoms with Crippen LogP contribution in [0, 0.1) is 0 Å². The second-order valence-electron chi connectivity index (χ2n) is 6.19. The number of hydrogen-bond donors (Lipinski definition) is 2. The van der Waals surface area contributed by atoms with Crippen LogP contribution in [0.3, 0.4) is 0 Å². The molecule has 2 N–H and O–H groups in total. The Balaban J connectivity index is 1.52. The molecule has 0 fully saturated rings. The molecule has 7 heteroatoms. The van der Waals surface area contributed by atoms with Crippen LogP contribution in [0.2, 0.25) is 5.15 Å². The molecule has 0 aliphatic rings.